The highest BCUT2D eigenvalue weighted by molar-refractivity contribution is 7.91. The van der Waals surface area contributed by atoms with Crippen LogP contribution in [0.4, 0.5) is 5.69 Å². The summed E-state index contributed by atoms with van der Waals surface area (Å²) in [6.45, 7) is 6.04. The highest BCUT2D eigenvalue weighted by Gasteiger charge is 2.34. The normalized spacial score (nSPS) is 19.8. The molecule has 0 unspecified atom stereocenters. The fourth-order valence-electron chi connectivity index (χ4n) is 4.91. The van der Waals surface area contributed by atoms with Crippen molar-refractivity contribution in [1.29, 1.82) is 0 Å². The highest BCUT2D eigenvalue weighted by atomic mass is 32.2. The largest absolute Gasteiger partial charge is 0.321 e. The molecule has 1 aromatic carbocycles. The summed E-state index contributed by atoms with van der Waals surface area (Å²) in [6.07, 6.45) is 4.30. The molecule has 1 aliphatic heterocycles. The van der Waals surface area contributed by atoms with Crippen molar-refractivity contribution in [2.24, 2.45) is 0 Å². The van der Waals surface area contributed by atoms with Crippen LogP contribution < -0.4 is 5.32 Å². The van der Waals surface area contributed by atoms with E-state index in [-0.39, 0.29) is 23.5 Å². The van der Waals surface area contributed by atoms with Gasteiger partial charge in [-0.15, -0.1) is 0 Å². The van der Waals surface area contributed by atoms with Gasteiger partial charge in [-0.25, -0.2) is 18.1 Å². The Hall–Kier alpha value is -2.74. The summed E-state index contributed by atoms with van der Waals surface area (Å²) in [7, 11) is -3.07. The average Bonchev–Trinajstić information content (AvgIpc) is 3.51. The molecule has 174 valence electrons. The molecule has 3 heterocycles. The van der Waals surface area contributed by atoms with Crippen LogP contribution in [-0.2, 0) is 22.7 Å². The van der Waals surface area contributed by atoms with E-state index in [2.05, 4.69) is 36.4 Å². The van der Waals surface area contributed by atoms with Crippen molar-refractivity contribution in [2.75, 3.05) is 16.8 Å². The van der Waals surface area contributed by atoms with Crippen LogP contribution in [0.1, 0.15) is 77.9 Å². The van der Waals surface area contributed by atoms with Gasteiger partial charge in [0.1, 0.15) is 0 Å². The van der Waals surface area contributed by atoms with E-state index in [1.807, 2.05) is 19.1 Å². The summed E-state index contributed by atoms with van der Waals surface area (Å²) in [6, 6.07) is 7.82. The molecule has 1 saturated carbocycles. The number of sulfone groups is 1. The molecule has 0 spiro atoms. The minimum atomic E-state index is -3.07. The van der Waals surface area contributed by atoms with E-state index in [1.54, 1.807) is 4.68 Å². The third kappa shape index (κ3) is 4.05. The molecule has 2 fully saturated rings. The Kier molecular flexibility index (Phi) is 5.51. The van der Waals surface area contributed by atoms with E-state index in [1.165, 1.54) is 0 Å². The van der Waals surface area contributed by atoms with Crippen LogP contribution in [0.3, 0.4) is 0 Å². The van der Waals surface area contributed by atoms with Gasteiger partial charge in [-0.3, -0.25) is 4.79 Å². The molecule has 2 aromatic heterocycles. The molecular weight excluding hydrogens is 436 g/mol. The topological polar surface area (TPSA) is 93.9 Å². The van der Waals surface area contributed by atoms with E-state index in [9.17, 15) is 13.2 Å². The van der Waals surface area contributed by atoms with Crippen LogP contribution in [-0.4, -0.2) is 40.6 Å². The van der Waals surface area contributed by atoms with Crippen molar-refractivity contribution in [1.82, 2.24) is 14.8 Å². The van der Waals surface area contributed by atoms with Crippen molar-refractivity contribution < 1.29 is 13.2 Å². The maximum Gasteiger partial charge on any atom is 0.256 e. The number of amides is 1. The zero-order chi connectivity index (χ0) is 23.3. The van der Waals surface area contributed by atoms with Crippen molar-refractivity contribution in [3.8, 4) is 0 Å². The molecule has 1 atom stereocenters. The number of para-hydroxylation sites is 1. The van der Waals surface area contributed by atoms with Gasteiger partial charge in [0.15, 0.2) is 15.5 Å². The van der Waals surface area contributed by atoms with Gasteiger partial charge in [-0.1, -0.05) is 32.0 Å². The van der Waals surface area contributed by atoms with E-state index < -0.39 is 9.84 Å². The summed E-state index contributed by atoms with van der Waals surface area (Å²) < 4.78 is 26.0. The summed E-state index contributed by atoms with van der Waals surface area (Å²) >= 11 is 0. The minimum absolute atomic E-state index is 0.0732. The van der Waals surface area contributed by atoms with Gasteiger partial charge < -0.3 is 5.32 Å². The van der Waals surface area contributed by atoms with Gasteiger partial charge in [-0.2, -0.15) is 5.10 Å². The molecule has 0 bridgehead atoms. The first-order valence-corrected chi connectivity index (χ1v) is 13.7. The maximum absolute atomic E-state index is 13.7. The second-order valence-electron chi connectivity index (χ2n) is 9.27. The van der Waals surface area contributed by atoms with Crippen LogP contribution in [0, 0.1) is 6.92 Å². The second-order valence-corrected chi connectivity index (χ2v) is 11.5. The summed E-state index contributed by atoms with van der Waals surface area (Å²) in [5.41, 5.74) is 5.90. The first-order chi connectivity index (χ1) is 15.8. The Balaban J connectivity index is 1.62. The van der Waals surface area contributed by atoms with E-state index in [0.29, 0.717) is 34.6 Å². The zero-order valence-corrected chi connectivity index (χ0v) is 20.2. The maximum atomic E-state index is 13.7. The van der Waals surface area contributed by atoms with Crippen LogP contribution in [0.2, 0.25) is 0 Å². The SMILES string of the molecule is CCc1cccc(CC)c1NC(=O)c1cc(C2CC2)nc2c1c(C)nn2[C@H]1CCS(=O)(=O)C1. The fraction of sp³-hybridized carbons (Fsp3) is 0.480. The van der Waals surface area contributed by atoms with Crippen LogP contribution >= 0.6 is 0 Å². The number of nitrogens with one attached hydrogen (secondary N) is 1. The fourth-order valence-corrected chi connectivity index (χ4v) is 6.60. The predicted octanol–water partition coefficient (Wildman–Crippen LogP) is 4.35. The summed E-state index contributed by atoms with van der Waals surface area (Å²) in [5.74, 6) is 0.429. The summed E-state index contributed by atoms with van der Waals surface area (Å²) in [5, 5.41) is 8.60. The molecule has 1 aliphatic carbocycles. The number of pyridine rings is 1. The van der Waals surface area contributed by atoms with Crippen molar-refractivity contribution in [3.63, 3.8) is 0 Å². The lowest BCUT2D eigenvalue weighted by Crippen LogP contribution is -2.17. The number of aromatic nitrogens is 3. The van der Waals surface area contributed by atoms with Gasteiger partial charge in [0.2, 0.25) is 0 Å². The Morgan fingerprint density at radius 1 is 1.15 bits per heavy atom. The molecule has 8 heteroatoms. The van der Waals surface area contributed by atoms with Crippen LogP contribution in [0.5, 0.6) is 0 Å². The van der Waals surface area contributed by atoms with E-state index in [0.717, 1.165) is 48.2 Å². The van der Waals surface area contributed by atoms with Crippen LogP contribution in [0.25, 0.3) is 11.0 Å². The zero-order valence-electron chi connectivity index (χ0n) is 19.4. The monoisotopic (exact) mass is 466 g/mol. The Morgan fingerprint density at radius 3 is 2.42 bits per heavy atom. The lowest BCUT2D eigenvalue weighted by molar-refractivity contribution is 0.102. The van der Waals surface area contributed by atoms with Gasteiger partial charge >= 0.3 is 0 Å². The minimum Gasteiger partial charge on any atom is -0.321 e. The Morgan fingerprint density at radius 2 is 1.85 bits per heavy atom. The molecule has 5 rings (SSSR count). The number of carbonyl (C=O) groups excluding carboxylic acids is 1. The average molecular weight is 467 g/mol. The molecule has 1 amide bonds. The van der Waals surface area contributed by atoms with Crippen molar-refractivity contribution in [3.05, 3.63) is 52.3 Å². The third-order valence-electron chi connectivity index (χ3n) is 6.89. The van der Waals surface area contributed by atoms with Gasteiger partial charge in [0, 0.05) is 17.3 Å². The standard InChI is InChI=1S/C25H30N4O3S/c1-4-16-7-6-8-17(5-2)23(16)27-25(30)20-13-21(18-9-10-18)26-24-22(20)15(3)28-29(24)19-11-12-33(31,32)14-19/h6-8,13,18-19H,4-5,9-12,14H2,1-3H3,(H,27,30)/t19-/m0/s1. The number of carbonyl (C=O) groups is 1. The Bertz CT molecular complexity index is 1330. The lowest BCUT2D eigenvalue weighted by Gasteiger charge is -2.16. The molecular formula is C25H30N4O3S. The number of nitrogens with zero attached hydrogens (tertiary/aromatic N) is 3. The smallest absolute Gasteiger partial charge is 0.256 e. The third-order valence-corrected chi connectivity index (χ3v) is 8.64. The molecule has 1 N–H and O–H groups in total. The number of benzene rings is 1. The Labute approximate surface area is 194 Å². The first-order valence-electron chi connectivity index (χ1n) is 11.8. The van der Waals surface area contributed by atoms with Crippen LogP contribution in [0.15, 0.2) is 24.3 Å². The first kappa shape index (κ1) is 22.1. The molecule has 2 aliphatic rings. The number of fused-ring (bicyclic) bond motifs is 1. The molecule has 33 heavy (non-hydrogen) atoms. The predicted molar refractivity (Wildman–Crippen MR) is 130 cm³/mol. The van der Waals surface area contributed by atoms with Gasteiger partial charge in [0.05, 0.1) is 34.2 Å². The van der Waals surface area contributed by atoms with Crippen molar-refractivity contribution >= 4 is 32.5 Å². The highest BCUT2D eigenvalue weighted by Crippen LogP contribution is 2.41. The number of rotatable bonds is 6. The number of hydrogen-bond acceptors (Lipinski definition) is 5. The van der Waals surface area contributed by atoms with E-state index >= 15 is 0 Å². The molecule has 3 aromatic rings. The second kappa shape index (κ2) is 8.24. The molecule has 7 nitrogen and oxygen atoms in total. The number of anilines is 1. The molecule has 0 radical (unpaired) electrons. The number of hydrogen-bond donors (Lipinski definition) is 1. The lowest BCUT2D eigenvalue weighted by atomic mass is 10.0. The van der Waals surface area contributed by atoms with E-state index in [4.69, 9.17) is 4.98 Å². The van der Waals surface area contributed by atoms with Gasteiger partial charge in [0.25, 0.3) is 5.91 Å². The molecule has 1 saturated heterocycles. The summed E-state index contributed by atoms with van der Waals surface area (Å²) in [4.78, 5) is 18.6. The number of aryl methyl sites for hydroxylation is 3. The van der Waals surface area contributed by atoms with Gasteiger partial charge in [-0.05, 0) is 56.2 Å². The van der Waals surface area contributed by atoms with Crippen molar-refractivity contribution in [2.45, 2.75) is 64.8 Å². The quantitative estimate of drug-likeness (QED) is 0.583.